The Morgan fingerprint density at radius 3 is 2.42 bits per heavy atom. The molecule has 2 aliphatic rings. The van der Waals surface area contributed by atoms with Gasteiger partial charge in [-0.05, 0) is 57.7 Å². The molecular formula is C23H27F2N5O3. The number of hydrogen-bond acceptors (Lipinski definition) is 5. The molecule has 33 heavy (non-hydrogen) atoms. The third-order valence-electron chi connectivity index (χ3n) is 5.92. The van der Waals surface area contributed by atoms with Crippen molar-refractivity contribution in [3.05, 3.63) is 47.3 Å². The van der Waals surface area contributed by atoms with E-state index in [1.165, 1.54) is 15.9 Å². The zero-order chi connectivity index (χ0) is 23.5. The summed E-state index contributed by atoms with van der Waals surface area (Å²) in [6.07, 6.45) is 3.07. The Morgan fingerprint density at radius 1 is 1.06 bits per heavy atom. The first-order valence-electron chi connectivity index (χ1n) is 11.1. The SMILES string of the molecule is Cc1cc(C)nc(OC2CCC(NC(=O)CN3CCN(c4ccc(F)c(F)c4)C3=O)CC2)n1. The van der Waals surface area contributed by atoms with Gasteiger partial charge in [-0.25, -0.2) is 23.5 Å². The summed E-state index contributed by atoms with van der Waals surface area (Å²) in [5.41, 5.74) is 1.99. The smallest absolute Gasteiger partial charge is 0.325 e. The summed E-state index contributed by atoms with van der Waals surface area (Å²) in [4.78, 5) is 36.5. The minimum Gasteiger partial charge on any atom is -0.460 e. The van der Waals surface area contributed by atoms with Crippen LogP contribution in [-0.4, -0.2) is 58.6 Å². The molecule has 3 amide bonds. The first-order chi connectivity index (χ1) is 15.8. The monoisotopic (exact) mass is 459 g/mol. The van der Waals surface area contributed by atoms with Gasteiger partial charge in [-0.15, -0.1) is 0 Å². The van der Waals surface area contributed by atoms with E-state index >= 15 is 0 Å². The molecule has 8 nitrogen and oxygen atoms in total. The van der Waals surface area contributed by atoms with E-state index in [4.69, 9.17) is 4.74 Å². The highest BCUT2D eigenvalue weighted by molar-refractivity contribution is 5.96. The molecule has 1 aliphatic carbocycles. The number of urea groups is 1. The largest absolute Gasteiger partial charge is 0.460 e. The molecular weight excluding hydrogens is 432 g/mol. The van der Waals surface area contributed by atoms with Crippen molar-refractivity contribution in [1.29, 1.82) is 0 Å². The standard InChI is InChI=1S/C23H27F2N5O3/c1-14-11-15(2)27-22(26-14)33-18-6-3-16(4-7-18)28-21(31)13-29-9-10-30(23(29)32)17-5-8-19(24)20(25)12-17/h5,8,11-12,16,18H,3-4,6-7,9-10,13H2,1-2H3,(H,28,31). The Labute approximate surface area is 190 Å². The maximum atomic E-state index is 13.5. The number of amides is 3. The van der Waals surface area contributed by atoms with E-state index in [0.717, 1.165) is 49.2 Å². The molecule has 2 aromatic rings. The van der Waals surface area contributed by atoms with Crippen molar-refractivity contribution in [3.63, 3.8) is 0 Å². The van der Waals surface area contributed by atoms with E-state index in [-0.39, 0.29) is 30.3 Å². The van der Waals surface area contributed by atoms with Gasteiger partial charge in [0.2, 0.25) is 5.91 Å². The van der Waals surface area contributed by atoms with Crippen LogP contribution in [-0.2, 0) is 4.79 Å². The number of nitrogens with one attached hydrogen (secondary N) is 1. The molecule has 2 heterocycles. The van der Waals surface area contributed by atoms with E-state index in [2.05, 4.69) is 15.3 Å². The van der Waals surface area contributed by atoms with Crippen LogP contribution in [0.5, 0.6) is 6.01 Å². The number of rotatable bonds is 6. The predicted octanol–water partition coefficient (Wildman–Crippen LogP) is 3.12. The van der Waals surface area contributed by atoms with E-state index in [9.17, 15) is 18.4 Å². The van der Waals surface area contributed by atoms with Crippen LogP contribution in [0.2, 0.25) is 0 Å². The molecule has 10 heteroatoms. The molecule has 1 saturated carbocycles. The van der Waals surface area contributed by atoms with Crippen LogP contribution >= 0.6 is 0 Å². The topological polar surface area (TPSA) is 87.7 Å². The lowest BCUT2D eigenvalue weighted by molar-refractivity contribution is -0.122. The van der Waals surface area contributed by atoms with Gasteiger partial charge in [0, 0.05) is 42.3 Å². The minimum atomic E-state index is -1.01. The number of benzene rings is 1. The third-order valence-corrected chi connectivity index (χ3v) is 5.92. The van der Waals surface area contributed by atoms with Crippen molar-refractivity contribution in [2.24, 2.45) is 0 Å². The van der Waals surface area contributed by atoms with Gasteiger partial charge >= 0.3 is 12.0 Å². The summed E-state index contributed by atoms with van der Waals surface area (Å²) in [6, 6.07) is 5.21. The molecule has 0 atom stereocenters. The zero-order valence-electron chi connectivity index (χ0n) is 18.7. The number of halogens is 2. The fraction of sp³-hybridized carbons (Fsp3) is 0.478. The summed E-state index contributed by atoms with van der Waals surface area (Å²) in [5, 5.41) is 2.99. The van der Waals surface area contributed by atoms with Crippen LogP contribution in [0.4, 0.5) is 19.3 Å². The highest BCUT2D eigenvalue weighted by atomic mass is 19.2. The molecule has 0 spiro atoms. The molecule has 1 aliphatic heterocycles. The number of ether oxygens (including phenoxy) is 1. The fourth-order valence-corrected chi connectivity index (χ4v) is 4.29. The number of aromatic nitrogens is 2. The molecule has 0 bridgehead atoms. The van der Waals surface area contributed by atoms with Gasteiger partial charge < -0.3 is 15.0 Å². The summed E-state index contributed by atoms with van der Waals surface area (Å²) in [6.45, 7) is 4.36. The number of anilines is 1. The fourth-order valence-electron chi connectivity index (χ4n) is 4.29. The van der Waals surface area contributed by atoms with Crippen LogP contribution in [0.3, 0.4) is 0 Å². The lowest BCUT2D eigenvalue weighted by atomic mass is 9.93. The van der Waals surface area contributed by atoms with Gasteiger partial charge in [-0.2, -0.15) is 0 Å². The van der Waals surface area contributed by atoms with E-state index < -0.39 is 17.7 Å². The second-order valence-corrected chi connectivity index (χ2v) is 8.55. The van der Waals surface area contributed by atoms with Crippen molar-refractivity contribution in [2.75, 3.05) is 24.5 Å². The maximum absolute atomic E-state index is 13.5. The van der Waals surface area contributed by atoms with Crippen molar-refractivity contribution in [2.45, 2.75) is 51.7 Å². The van der Waals surface area contributed by atoms with Crippen molar-refractivity contribution < 1.29 is 23.1 Å². The maximum Gasteiger partial charge on any atom is 0.325 e. The zero-order valence-corrected chi connectivity index (χ0v) is 18.7. The van der Waals surface area contributed by atoms with Crippen LogP contribution in [0.25, 0.3) is 0 Å². The van der Waals surface area contributed by atoms with Gasteiger partial charge in [0.05, 0.1) is 0 Å². The number of carbonyl (C=O) groups excluding carboxylic acids is 2. The van der Waals surface area contributed by atoms with Crippen LogP contribution in [0, 0.1) is 25.5 Å². The number of carbonyl (C=O) groups is 2. The normalized spacial score (nSPS) is 20.8. The molecule has 4 rings (SSSR count). The highest BCUT2D eigenvalue weighted by Crippen LogP contribution is 2.24. The van der Waals surface area contributed by atoms with Gasteiger partial charge in [0.1, 0.15) is 12.6 Å². The predicted molar refractivity (Wildman–Crippen MR) is 117 cm³/mol. The molecule has 176 valence electrons. The van der Waals surface area contributed by atoms with E-state index in [0.29, 0.717) is 19.1 Å². The average molecular weight is 459 g/mol. The van der Waals surface area contributed by atoms with Gasteiger partial charge in [0.15, 0.2) is 11.6 Å². The van der Waals surface area contributed by atoms with E-state index in [1.807, 2.05) is 19.9 Å². The minimum absolute atomic E-state index is 0.00387. The summed E-state index contributed by atoms with van der Waals surface area (Å²) in [7, 11) is 0. The Bertz CT molecular complexity index is 1020. The molecule has 1 aromatic heterocycles. The first-order valence-corrected chi connectivity index (χ1v) is 11.1. The molecule has 2 fully saturated rings. The van der Waals surface area contributed by atoms with Crippen LogP contribution < -0.4 is 15.0 Å². The number of nitrogens with zero attached hydrogens (tertiary/aromatic N) is 4. The molecule has 1 saturated heterocycles. The molecule has 1 N–H and O–H groups in total. The van der Waals surface area contributed by atoms with Crippen molar-refractivity contribution >= 4 is 17.6 Å². The third kappa shape index (κ3) is 5.55. The molecule has 0 radical (unpaired) electrons. The number of aryl methyl sites for hydroxylation is 2. The van der Waals surface area contributed by atoms with Gasteiger partial charge in [-0.1, -0.05) is 0 Å². The quantitative estimate of drug-likeness (QED) is 0.717. The highest BCUT2D eigenvalue weighted by Gasteiger charge is 2.32. The van der Waals surface area contributed by atoms with Crippen molar-refractivity contribution in [3.8, 4) is 6.01 Å². The van der Waals surface area contributed by atoms with Crippen LogP contribution in [0.15, 0.2) is 24.3 Å². The van der Waals surface area contributed by atoms with Gasteiger partial charge in [0.25, 0.3) is 0 Å². The Morgan fingerprint density at radius 2 is 1.76 bits per heavy atom. The summed E-state index contributed by atoms with van der Waals surface area (Å²) in [5.74, 6) is -2.22. The average Bonchev–Trinajstić information content (AvgIpc) is 3.11. The number of hydrogen-bond donors (Lipinski definition) is 1. The Balaban J connectivity index is 1.23. The van der Waals surface area contributed by atoms with E-state index in [1.54, 1.807) is 0 Å². The molecule has 0 unspecified atom stereocenters. The van der Waals surface area contributed by atoms with Crippen molar-refractivity contribution in [1.82, 2.24) is 20.2 Å². The summed E-state index contributed by atoms with van der Waals surface area (Å²) < 4.78 is 32.6. The molecule has 1 aromatic carbocycles. The van der Waals surface area contributed by atoms with Crippen LogP contribution in [0.1, 0.15) is 37.1 Å². The lowest BCUT2D eigenvalue weighted by Crippen LogP contribution is -2.45. The Hall–Kier alpha value is -3.30. The second kappa shape index (κ2) is 9.68. The summed E-state index contributed by atoms with van der Waals surface area (Å²) >= 11 is 0. The van der Waals surface area contributed by atoms with Gasteiger partial charge in [-0.3, -0.25) is 9.69 Å². The lowest BCUT2D eigenvalue weighted by Gasteiger charge is -2.29. The second-order valence-electron chi connectivity index (χ2n) is 8.55. The first kappa shape index (κ1) is 22.9. The Kier molecular flexibility index (Phi) is 6.71.